The molecule has 2 rings (SSSR count). The Bertz CT molecular complexity index is 1110. The third-order valence-electron chi connectivity index (χ3n) is 4.39. The molecule has 7 nitrogen and oxygen atoms in total. The van der Waals surface area contributed by atoms with E-state index in [2.05, 4.69) is 4.72 Å². The molecule has 2 N–H and O–H groups in total. The fraction of sp³-hybridized carbons (Fsp3) is 0.333. The van der Waals surface area contributed by atoms with Gasteiger partial charge in [-0.3, -0.25) is 4.79 Å². The number of sulfonamides is 1. The number of nitrogens with one attached hydrogen (secondary N) is 1. The van der Waals surface area contributed by atoms with Crippen molar-refractivity contribution in [3.63, 3.8) is 0 Å². The first kappa shape index (κ1) is 25.3. The average Bonchev–Trinajstić information content (AvgIpc) is 2.67. The predicted molar refractivity (Wildman–Crippen MR) is 123 cm³/mol. The molecule has 2 aromatic carbocycles. The normalized spacial score (nSPS) is 12.8. The second-order valence-corrected chi connectivity index (χ2v) is 10.1. The average molecular weight is 460 g/mol. The summed E-state index contributed by atoms with van der Waals surface area (Å²) < 4.78 is 33.0. The summed E-state index contributed by atoms with van der Waals surface area (Å²) >= 11 is 0. The Morgan fingerprint density at radius 3 is 1.91 bits per heavy atom. The molecule has 0 fully saturated rings. The summed E-state index contributed by atoms with van der Waals surface area (Å²) in [6.45, 7) is 8.89. The molecule has 0 spiro atoms. The molecule has 2 aromatic rings. The van der Waals surface area contributed by atoms with Gasteiger partial charge in [-0.15, -0.1) is 0 Å². The second-order valence-electron chi connectivity index (χ2n) is 8.39. The van der Waals surface area contributed by atoms with E-state index in [9.17, 15) is 23.1 Å². The molecule has 0 amide bonds. The third-order valence-corrected chi connectivity index (χ3v) is 6.16. The SMILES string of the molecule is CCOC(=O)C(CC(=O)O)=C(c1ccc(C)cc1)c1ccc(S(=O)(=O)NC(C)(C)C)cc1. The summed E-state index contributed by atoms with van der Waals surface area (Å²) in [6, 6.07) is 13.3. The van der Waals surface area contributed by atoms with Crippen LogP contribution < -0.4 is 4.72 Å². The van der Waals surface area contributed by atoms with Gasteiger partial charge in [-0.2, -0.15) is 0 Å². The Morgan fingerprint density at radius 1 is 0.969 bits per heavy atom. The lowest BCUT2D eigenvalue weighted by molar-refractivity contribution is -0.142. The van der Waals surface area contributed by atoms with Gasteiger partial charge in [-0.05, 0) is 63.5 Å². The molecule has 0 saturated carbocycles. The van der Waals surface area contributed by atoms with E-state index in [1.165, 1.54) is 12.1 Å². The van der Waals surface area contributed by atoms with Crippen LogP contribution in [-0.2, 0) is 24.3 Å². The quantitative estimate of drug-likeness (QED) is 0.457. The van der Waals surface area contributed by atoms with Crippen LogP contribution >= 0.6 is 0 Å². The molecule has 32 heavy (non-hydrogen) atoms. The summed E-state index contributed by atoms with van der Waals surface area (Å²) in [4.78, 5) is 24.3. The molecule has 8 heteroatoms. The van der Waals surface area contributed by atoms with Crippen LogP contribution in [0.1, 0.15) is 50.8 Å². The van der Waals surface area contributed by atoms with E-state index in [1.54, 1.807) is 52.0 Å². The minimum absolute atomic E-state index is 0.00775. The Hall–Kier alpha value is -2.97. The lowest BCUT2D eigenvalue weighted by Crippen LogP contribution is -2.40. The molecule has 0 heterocycles. The first-order valence-electron chi connectivity index (χ1n) is 10.2. The number of aliphatic carboxylic acids is 1. The maximum absolute atomic E-state index is 12.7. The molecule has 0 atom stereocenters. The van der Waals surface area contributed by atoms with Gasteiger partial charge in [-0.1, -0.05) is 42.0 Å². The number of carbonyl (C=O) groups excluding carboxylic acids is 1. The van der Waals surface area contributed by atoms with Crippen molar-refractivity contribution >= 4 is 27.5 Å². The third kappa shape index (κ3) is 6.77. The molecular weight excluding hydrogens is 430 g/mol. The van der Waals surface area contributed by atoms with Crippen molar-refractivity contribution in [2.45, 2.75) is 51.5 Å². The standard InChI is InChI=1S/C24H29NO6S/c1-6-31-23(28)20(15-21(26)27)22(17-9-7-16(2)8-10-17)18-11-13-19(14-12-18)32(29,30)25-24(3,4)5/h7-14,25H,6,15H2,1-5H3,(H,26,27). The van der Waals surface area contributed by atoms with Crippen molar-refractivity contribution in [1.82, 2.24) is 4.72 Å². The lowest BCUT2D eigenvalue weighted by Gasteiger charge is -2.20. The highest BCUT2D eigenvalue weighted by Gasteiger charge is 2.24. The fourth-order valence-electron chi connectivity index (χ4n) is 3.13. The minimum atomic E-state index is -3.75. The summed E-state index contributed by atoms with van der Waals surface area (Å²) in [5.41, 5.74) is 1.86. The zero-order valence-electron chi connectivity index (χ0n) is 18.9. The monoisotopic (exact) mass is 459 g/mol. The van der Waals surface area contributed by atoms with Crippen LogP contribution in [0, 0.1) is 6.92 Å². The van der Waals surface area contributed by atoms with E-state index in [0.717, 1.165) is 5.56 Å². The zero-order valence-corrected chi connectivity index (χ0v) is 19.7. The Balaban J connectivity index is 2.68. The molecule has 0 aliphatic carbocycles. The van der Waals surface area contributed by atoms with Gasteiger partial charge in [0.25, 0.3) is 0 Å². The van der Waals surface area contributed by atoms with Gasteiger partial charge in [0.05, 0.1) is 23.5 Å². The molecule has 0 unspecified atom stereocenters. The van der Waals surface area contributed by atoms with Crippen LogP contribution in [0.5, 0.6) is 0 Å². The maximum Gasteiger partial charge on any atom is 0.335 e. The molecule has 0 aliphatic heterocycles. The molecule has 0 radical (unpaired) electrons. The molecule has 0 aromatic heterocycles. The molecule has 0 aliphatic rings. The fourth-order valence-corrected chi connectivity index (χ4v) is 4.55. The van der Waals surface area contributed by atoms with E-state index < -0.39 is 33.9 Å². The summed E-state index contributed by atoms with van der Waals surface area (Å²) in [7, 11) is -3.75. The van der Waals surface area contributed by atoms with Crippen molar-refractivity contribution in [3.8, 4) is 0 Å². The highest BCUT2D eigenvalue weighted by atomic mass is 32.2. The number of aryl methyl sites for hydroxylation is 1. The number of rotatable bonds is 8. The van der Waals surface area contributed by atoms with Crippen molar-refractivity contribution in [3.05, 3.63) is 70.8 Å². The zero-order chi connectivity index (χ0) is 24.1. The number of esters is 1. The van der Waals surface area contributed by atoms with Gasteiger partial charge < -0.3 is 9.84 Å². The lowest BCUT2D eigenvalue weighted by atomic mass is 9.91. The van der Waals surface area contributed by atoms with Gasteiger partial charge in [-0.25, -0.2) is 17.9 Å². The number of hydrogen-bond donors (Lipinski definition) is 2. The highest BCUT2D eigenvalue weighted by Crippen LogP contribution is 2.31. The van der Waals surface area contributed by atoms with Gasteiger partial charge >= 0.3 is 11.9 Å². The number of ether oxygens (including phenoxy) is 1. The predicted octanol–water partition coefficient (Wildman–Crippen LogP) is 3.91. The summed E-state index contributed by atoms with van der Waals surface area (Å²) in [6.07, 6.45) is -0.534. The summed E-state index contributed by atoms with van der Waals surface area (Å²) in [5.74, 6) is -1.90. The van der Waals surface area contributed by atoms with Crippen LogP contribution in [0.15, 0.2) is 59.0 Å². The number of carbonyl (C=O) groups is 2. The van der Waals surface area contributed by atoms with E-state index >= 15 is 0 Å². The van der Waals surface area contributed by atoms with Crippen molar-refractivity contribution in [1.29, 1.82) is 0 Å². The van der Waals surface area contributed by atoms with E-state index in [-0.39, 0.29) is 17.1 Å². The number of hydrogen-bond acceptors (Lipinski definition) is 5. The number of carboxylic acids is 1. The Morgan fingerprint density at radius 2 is 1.47 bits per heavy atom. The first-order chi connectivity index (χ1) is 14.8. The molecular formula is C24H29NO6S. The van der Waals surface area contributed by atoms with Crippen molar-refractivity contribution in [2.24, 2.45) is 0 Å². The topological polar surface area (TPSA) is 110 Å². The van der Waals surface area contributed by atoms with E-state index in [1.807, 2.05) is 19.1 Å². The van der Waals surface area contributed by atoms with Crippen molar-refractivity contribution < 1.29 is 27.9 Å². The van der Waals surface area contributed by atoms with Crippen LogP contribution in [-0.4, -0.2) is 37.6 Å². The Kier molecular flexibility index (Phi) is 7.98. The van der Waals surface area contributed by atoms with Gasteiger partial charge in [0, 0.05) is 5.54 Å². The molecule has 0 saturated heterocycles. The highest BCUT2D eigenvalue weighted by molar-refractivity contribution is 7.89. The second kappa shape index (κ2) is 10.1. The van der Waals surface area contributed by atoms with Gasteiger partial charge in [0.1, 0.15) is 0 Å². The number of carboxylic acid groups (broad SMARTS) is 1. The molecule has 0 bridgehead atoms. The van der Waals surface area contributed by atoms with Crippen molar-refractivity contribution in [2.75, 3.05) is 6.61 Å². The van der Waals surface area contributed by atoms with E-state index in [4.69, 9.17) is 4.74 Å². The van der Waals surface area contributed by atoms with Gasteiger partial charge in [0.2, 0.25) is 10.0 Å². The van der Waals surface area contributed by atoms with Crippen LogP contribution in [0.3, 0.4) is 0 Å². The largest absolute Gasteiger partial charge is 0.481 e. The van der Waals surface area contributed by atoms with Gasteiger partial charge in [0.15, 0.2) is 0 Å². The number of benzene rings is 2. The maximum atomic E-state index is 12.7. The molecule has 172 valence electrons. The first-order valence-corrected chi connectivity index (χ1v) is 11.7. The van der Waals surface area contributed by atoms with Crippen LogP contribution in [0.2, 0.25) is 0 Å². The smallest absolute Gasteiger partial charge is 0.335 e. The van der Waals surface area contributed by atoms with E-state index in [0.29, 0.717) is 16.7 Å². The Labute approximate surface area is 189 Å². The summed E-state index contributed by atoms with van der Waals surface area (Å²) in [5, 5.41) is 9.42. The van der Waals surface area contributed by atoms with Crippen LogP contribution in [0.4, 0.5) is 0 Å². The van der Waals surface area contributed by atoms with Crippen LogP contribution in [0.25, 0.3) is 5.57 Å². The minimum Gasteiger partial charge on any atom is -0.481 e.